The SMILES string of the molecule is CCOC(=O)c1cnc(N)c(C(F)F)c1CBr. The molecule has 0 aliphatic heterocycles. The van der Waals surface area contributed by atoms with Crippen LogP contribution in [0.5, 0.6) is 0 Å². The van der Waals surface area contributed by atoms with Crippen molar-refractivity contribution in [3.63, 3.8) is 0 Å². The van der Waals surface area contributed by atoms with Gasteiger partial charge in [-0.05, 0) is 12.5 Å². The van der Waals surface area contributed by atoms with Crippen LogP contribution in [0.2, 0.25) is 0 Å². The predicted molar refractivity (Wildman–Crippen MR) is 62.2 cm³/mol. The number of carbonyl (C=O) groups excluding carboxylic acids is 1. The number of halogens is 3. The molecule has 0 saturated heterocycles. The first-order valence-electron chi connectivity index (χ1n) is 4.81. The second kappa shape index (κ2) is 5.90. The third-order valence-electron chi connectivity index (χ3n) is 2.11. The smallest absolute Gasteiger partial charge is 0.340 e. The summed E-state index contributed by atoms with van der Waals surface area (Å²) >= 11 is 3.06. The van der Waals surface area contributed by atoms with E-state index in [-0.39, 0.29) is 28.9 Å². The fourth-order valence-corrected chi connectivity index (χ4v) is 1.96. The molecule has 0 aromatic carbocycles. The van der Waals surface area contributed by atoms with E-state index in [0.29, 0.717) is 0 Å². The van der Waals surface area contributed by atoms with Gasteiger partial charge in [0.15, 0.2) is 0 Å². The van der Waals surface area contributed by atoms with Gasteiger partial charge in [0.05, 0.1) is 17.7 Å². The Morgan fingerprint density at radius 3 is 2.76 bits per heavy atom. The number of nitrogen functional groups attached to an aromatic ring is 1. The van der Waals surface area contributed by atoms with Gasteiger partial charge in [0.2, 0.25) is 0 Å². The standard InChI is InChI=1S/C10H11BrF2N2O2/c1-2-17-10(16)6-4-15-9(14)7(8(12)13)5(6)3-11/h4,8H,2-3H2,1H3,(H2,14,15). The van der Waals surface area contributed by atoms with Crippen molar-refractivity contribution in [2.24, 2.45) is 0 Å². The Hall–Kier alpha value is -1.24. The van der Waals surface area contributed by atoms with E-state index >= 15 is 0 Å². The maximum atomic E-state index is 12.8. The highest BCUT2D eigenvalue weighted by Crippen LogP contribution is 2.31. The fourth-order valence-electron chi connectivity index (χ4n) is 1.35. The minimum absolute atomic E-state index is 0.00762. The number of nitrogens with two attached hydrogens (primary N) is 1. The molecule has 0 spiro atoms. The number of rotatable bonds is 4. The van der Waals surface area contributed by atoms with Gasteiger partial charge >= 0.3 is 5.97 Å². The van der Waals surface area contributed by atoms with Crippen LogP contribution in [-0.2, 0) is 10.1 Å². The molecule has 0 radical (unpaired) electrons. The number of alkyl halides is 3. The van der Waals surface area contributed by atoms with Crippen LogP contribution in [-0.4, -0.2) is 17.6 Å². The van der Waals surface area contributed by atoms with Crippen LogP contribution in [0.25, 0.3) is 0 Å². The molecule has 17 heavy (non-hydrogen) atoms. The van der Waals surface area contributed by atoms with Crippen LogP contribution < -0.4 is 5.73 Å². The number of hydrogen-bond donors (Lipinski definition) is 1. The molecule has 0 atom stereocenters. The van der Waals surface area contributed by atoms with Gasteiger partial charge in [-0.3, -0.25) is 0 Å². The zero-order valence-corrected chi connectivity index (χ0v) is 10.6. The minimum Gasteiger partial charge on any atom is -0.462 e. The van der Waals surface area contributed by atoms with E-state index in [1.807, 2.05) is 0 Å². The van der Waals surface area contributed by atoms with Crippen molar-refractivity contribution >= 4 is 27.7 Å². The predicted octanol–water partition coefficient (Wildman–Crippen LogP) is 2.67. The average Bonchev–Trinajstić information content (AvgIpc) is 2.27. The Morgan fingerprint density at radius 1 is 1.65 bits per heavy atom. The Labute approximate surface area is 105 Å². The molecule has 1 aromatic heterocycles. The van der Waals surface area contributed by atoms with Gasteiger partial charge in [-0.25, -0.2) is 18.6 Å². The van der Waals surface area contributed by atoms with Crippen LogP contribution >= 0.6 is 15.9 Å². The number of nitrogens with zero attached hydrogens (tertiary/aromatic N) is 1. The molecule has 1 aromatic rings. The second-order valence-electron chi connectivity index (χ2n) is 3.10. The molecule has 0 unspecified atom stereocenters. The molecule has 1 heterocycles. The highest BCUT2D eigenvalue weighted by Gasteiger charge is 2.23. The molecule has 7 heteroatoms. The number of anilines is 1. The summed E-state index contributed by atoms with van der Waals surface area (Å²) in [7, 11) is 0. The van der Waals surface area contributed by atoms with E-state index in [1.165, 1.54) is 0 Å². The number of carbonyl (C=O) groups is 1. The topological polar surface area (TPSA) is 65.2 Å². The van der Waals surface area contributed by atoms with Crippen LogP contribution in [0.1, 0.15) is 34.8 Å². The summed E-state index contributed by atoms with van der Waals surface area (Å²) in [6.45, 7) is 1.79. The summed E-state index contributed by atoms with van der Waals surface area (Å²) < 4.78 is 30.4. The lowest BCUT2D eigenvalue weighted by Gasteiger charge is -2.13. The fraction of sp³-hybridized carbons (Fsp3) is 0.400. The number of esters is 1. The minimum atomic E-state index is -2.79. The largest absolute Gasteiger partial charge is 0.462 e. The van der Waals surface area contributed by atoms with E-state index in [2.05, 4.69) is 20.9 Å². The van der Waals surface area contributed by atoms with E-state index in [0.717, 1.165) is 6.20 Å². The van der Waals surface area contributed by atoms with E-state index < -0.39 is 18.0 Å². The lowest BCUT2D eigenvalue weighted by molar-refractivity contribution is 0.0524. The summed E-state index contributed by atoms with van der Waals surface area (Å²) in [5, 5.41) is 0.0769. The lowest BCUT2D eigenvalue weighted by atomic mass is 10.1. The quantitative estimate of drug-likeness (QED) is 0.686. The average molecular weight is 309 g/mol. The first-order chi connectivity index (χ1) is 8.02. The number of ether oxygens (including phenoxy) is 1. The maximum Gasteiger partial charge on any atom is 0.340 e. The summed E-state index contributed by atoms with van der Waals surface area (Å²) in [5.74, 6) is -0.959. The molecular formula is C10H11BrF2N2O2. The number of pyridine rings is 1. The van der Waals surface area contributed by atoms with Crippen molar-refractivity contribution in [3.05, 3.63) is 22.9 Å². The Kier molecular flexibility index (Phi) is 4.80. The van der Waals surface area contributed by atoms with E-state index in [9.17, 15) is 13.6 Å². The third kappa shape index (κ3) is 2.91. The molecule has 0 amide bonds. The number of aromatic nitrogens is 1. The first kappa shape index (κ1) is 13.8. The number of hydrogen-bond acceptors (Lipinski definition) is 4. The van der Waals surface area contributed by atoms with Gasteiger partial charge in [-0.15, -0.1) is 0 Å². The molecule has 0 bridgehead atoms. The van der Waals surface area contributed by atoms with E-state index in [4.69, 9.17) is 10.5 Å². The van der Waals surface area contributed by atoms with E-state index in [1.54, 1.807) is 6.92 Å². The van der Waals surface area contributed by atoms with Gasteiger partial charge < -0.3 is 10.5 Å². The van der Waals surface area contributed by atoms with Crippen molar-refractivity contribution in [2.75, 3.05) is 12.3 Å². The first-order valence-corrected chi connectivity index (χ1v) is 5.93. The second-order valence-corrected chi connectivity index (χ2v) is 3.66. The molecule has 4 nitrogen and oxygen atoms in total. The summed E-state index contributed by atoms with van der Waals surface area (Å²) in [4.78, 5) is 15.1. The van der Waals surface area contributed by atoms with Gasteiger partial charge in [-0.1, -0.05) is 15.9 Å². The monoisotopic (exact) mass is 308 g/mol. The van der Waals surface area contributed by atoms with Crippen LogP contribution in [0.15, 0.2) is 6.20 Å². The Balaban J connectivity index is 3.32. The maximum absolute atomic E-state index is 12.8. The highest BCUT2D eigenvalue weighted by atomic mass is 79.9. The zero-order valence-electron chi connectivity index (χ0n) is 9.04. The van der Waals surface area contributed by atoms with Crippen molar-refractivity contribution in [2.45, 2.75) is 18.7 Å². The summed E-state index contributed by atoms with van der Waals surface area (Å²) in [6, 6.07) is 0. The van der Waals surface area contributed by atoms with Crippen LogP contribution in [0.4, 0.5) is 14.6 Å². The zero-order chi connectivity index (χ0) is 13.0. The van der Waals surface area contributed by atoms with Crippen LogP contribution in [0.3, 0.4) is 0 Å². The van der Waals surface area contributed by atoms with Crippen molar-refractivity contribution < 1.29 is 18.3 Å². The third-order valence-corrected chi connectivity index (χ3v) is 2.67. The van der Waals surface area contributed by atoms with Crippen molar-refractivity contribution in [1.82, 2.24) is 4.98 Å². The van der Waals surface area contributed by atoms with Crippen LogP contribution in [0, 0.1) is 0 Å². The molecule has 94 valence electrons. The van der Waals surface area contributed by atoms with Crippen molar-refractivity contribution in [3.8, 4) is 0 Å². The molecular weight excluding hydrogens is 298 g/mol. The normalized spacial score (nSPS) is 10.6. The molecule has 2 N–H and O–H groups in total. The molecule has 0 aliphatic rings. The molecule has 0 fully saturated rings. The highest BCUT2D eigenvalue weighted by molar-refractivity contribution is 9.08. The Bertz CT molecular complexity index is 427. The van der Waals surface area contributed by atoms with Gasteiger partial charge in [-0.2, -0.15) is 0 Å². The summed E-state index contributed by atoms with van der Waals surface area (Å²) in [5.41, 5.74) is 5.08. The van der Waals surface area contributed by atoms with Crippen molar-refractivity contribution in [1.29, 1.82) is 0 Å². The lowest BCUT2D eigenvalue weighted by Crippen LogP contribution is -2.12. The van der Waals surface area contributed by atoms with Gasteiger partial charge in [0, 0.05) is 11.5 Å². The molecule has 1 rings (SSSR count). The van der Waals surface area contributed by atoms with Gasteiger partial charge in [0.25, 0.3) is 6.43 Å². The Morgan fingerprint density at radius 2 is 2.29 bits per heavy atom. The summed E-state index contributed by atoms with van der Waals surface area (Å²) in [6.07, 6.45) is -1.64. The molecule has 0 saturated carbocycles. The van der Waals surface area contributed by atoms with Gasteiger partial charge in [0.1, 0.15) is 5.82 Å². The molecule has 0 aliphatic carbocycles.